The SMILES string of the molecule is Cl.Cl.O=C1NCc2c(Cl)ccc(-c3cc4cc(CNCc5cccnc5)ccc4[nH]3)c21. The summed E-state index contributed by atoms with van der Waals surface area (Å²) in [6.45, 7) is 2.02. The van der Waals surface area contributed by atoms with Crippen LogP contribution in [0.3, 0.4) is 0 Å². The molecule has 0 unspecified atom stereocenters. The molecule has 160 valence electrons. The van der Waals surface area contributed by atoms with Crippen LogP contribution >= 0.6 is 36.4 Å². The average Bonchev–Trinajstić information content (AvgIpc) is 3.33. The lowest BCUT2D eigenvalue weighted by molar-refractivity contribution is 0.0966. The lowest BCUT2D eigenvalue weighted by Gasteiger charge is -2.06. The Bertz CT molecular complexity index is 1220. The monoisotopic (exact) mass is 474 g/mol. The van der Waals surface area contributed by atoms with Crippen molar-refractivity contribution in [3.63, 3.8) is 0 Å². The quantitative estimate of drug-likeness (QED) is 0.369. The molecule has 0 aliphatic carbocycles. The Morgan fingerprint density at radius 2 is 1.87 bits per heavy atom. The fourth-order valence-corrected chi connectivity index (χ4v) is 4.05. The van der Waals surface area contributed by atoms with E-state index in [1.54, 1.807) is 6.20 Å². The molecule has 2 aromatic carbocycles. The van der Waals surface area contributed by atoms with Gasteiger partial charge in [-0.15, -0.1) is 24.8 Å². The molecule has 1 aliphatic rings. The van der Waals surface area contributed by atoms with Crippen LogP contribution in [0.1, 0.15) is 27.0 Å². The normalized spacial score (nSPS) is 12.1. The van der Waals surface area contributed by atoms with Crippen molar-refractivity contribution in [1.82, 2.24) is 20.6 Å². The molecule has 5 nitrogen and oxygen atoms in total. The predicted molar refractivity (Wildman–Crippen MR) is 129 cm³/mol. The zero-order valence-electron chi connectivity index (χ0n) is 16.4. The van der Waals surface area contributed by atoms with E-state index in [1.807, 2.05) is 24.4 Å². The Morgan fingerprint density at radius 3 is 2.68 bits per heavy atom. The highest BCUT2D eigenvalue weighted by molar-refractivity contribution is 6.32. The summed E-state index contributed by atoms with van der Waals surface area (Å²) >= 11 is 6.27. The van der Waals surface area contributed by atoms with Crippen LogP contribution in [0.4, 0.5) is 0 Å². The van der Waals surface area contributed by atoms with E-state index in [0.29, 0.717) is 17.1 Å². The lowest BCUT2D eigenvalue weighted by atomic mass is 10.0. The van der Waals surface area contributed by atoms with Crippen LogP contribution in [-0.2, 0) is 19.6 Å². The van der Waals surface area contributed by atoms with Gasteiger partial charge in [0.1, 0.15) is 0 Å². The number of benzene rings is 2. The number of hydrogen-bond donors (Lipinski definition) is 3. The van der Waals surface area contributed by atoms with Crippen molar-refractivity contribution in [2.45, 2.75) is 19.6 Å². The maximum absolute atomic E-state index is 12.3. The summed E-state index contributed by atoms with van der Waals surface area (Å²) in [5.41, 5.74) is 6.74. The van der Waals surface area contributed by atoms with Gasteiger partial charge in [0.05, 0.1) is 5.56 Å². The smallest absolute Gasteiger partial charge is 0.252 e. The highest BCUT2D eigenvalue weighted by Gasteiger charge is 2.26. The minimum atomic E-state index is -0.0727. The average molecular weight is 476 g/mol. The minimum Gasteiger partial charge on any atom is -0.355 e. The number of pyridine rings is 1. The van der Waals surface area contributed by atoms with Crippen molar-refractivity contribution in [2.24, 2.45) is 0 Å². The van der Waals surface area contributed by atoms with Crippen LogP contribution in [0.15, 0.2) is 60.9 Å². The lowest BCUT2D eigenvalue weighted by Crippen LogP contribution is -2.13. The molecule has 0 radical (unpaired) electrons. The zero-order chi connectivity index (χ0) is 19.8. The van der Waals surface area contributed by atoms with Crippen molar-refractivity contribution in [2.75, 3.05) is 0 Å². The van der Waals surface area contributed by atoms with E-state index in [1.165, 1.54) is 5.56 Å². The Morgan fingerprint density at radius 1 is 1.03 bits per heavy atom. The number of aromatic amines is 1. The van der Waals surface area contributed by atoms with Crippen LogP contribution in [0.25, 0.3) is 22.2 Å². The molecule has 3 heterocycles. The third-order valence-corrected chi connectivity index (χ3v) is 5.62. The summed E-state index contributed by atoms with van der Waals surface area (Å²) in [4.78, 5) is 19.9. The first-order valence-corrected chi connectivity index (χ1v) is 9.88. The number of H-pyrrole nitrogens is 1. The van der Waals surface area contributed by atoms with Gasteiger partial charge in [-0.05, 0) is 41.5 Å². The molecule has 0 atom stereocenters. The first-order valence-electron chi connectivity index (χ1n) is 9.50. The van der Waals surface area contributed by atoms with Gasteiger partial charge < -0.3 is 15.6 Å². The van der Waals surface area contributed by atoms with Crippen molar-refractivity contribution < 1.29 is 4.79 Å². The van der Waals surface area contributed by atoms with E-state index in [4.69, 9.17) is 11.6 Å². The van der Waals surface area contributed by atoms with Crippen LogP contribution < -0.4 is 10.6 Å². The largest absolute Gasteiger partial charge is 0.355 e. The summed E-state index contributed by atoms with van der Waals surface area (Å²) in [7, 11) is 0. The van der Waals surface area contributed by atoms with Crippen LogP contribution in [0.5, 0.6) is 0 Å². The first kappa shape index (κ1) is 23.1. The summed E-state index contributed by atoms with van der Waals surface area (Å²) < 4.78 is 0. The molecule has 0 fully saturated rings. The second kappa shape index (κ2) is 9.71. The fourth-order valence-electron chi connectivity index (χ4n) is 3.83. The molecule has 4 aromatic rings. The van der Waals surface area contributed by atoms with Gasteiger partial charge in [0.2, 0.25) is 0 Å². The van der Waals surface area contributed by atoms with Crippen molar-refractivity contribution in [3.05, 3.63) is 88.2 Å². The molecular weight excluding hydrogens is 455 g/mol. The second-order valence-corrected chi connectivity index (χ2v) is 7.61. The van der Waals surface area contributed by atoms with E-state index >= 15 is 0 Å². The van der Waals surface area contributed by atoms with Crippen molar-refractivity contribution in [3.8, 4) is 11.3 Å². The number of rotatable bonds is 5. The van der Waals surface area contributed by atoms with Gasteiger partial charge in [0.15, 0.2) is 0 Å². The van der Waals surface area contributed by atoms with Gasteiger partial charge >= 0.3 is 0 Å². The van der Waals surface area contributed by atoms with Gasteiger partial charge in [0, 0.05) is 64.8 Å². The van der Waals surface area contributed by atoms with E-state index in [0.717, 1.165) is 46.4 Å². The number of carbonyl (C=O) groups excluding carboxylic acids is 1. The molecule has 0 bridgehead atoms. The molecule has 2 aromatic heterocycles. The molecule has 8 heteroatoms. The highest BCUT2D eigenvalue weighted by Crippen LogP contribution is 2.34. The number of nitrogens with one attached hydrogen (secondary N) is 3. The van der Waals surface area contributed by atoms with Crippen molar-refractivity contribution >= 4 is 53.2 Å². The molecule has 0 saturated carbocycles. The number of aromatic nitrogens is 2. The predicted octanol–water partition coefficient (Wildman–Crippen LogP) is 5.26. The van der Waals surface area contributed by atoms with E-state index in [2.05, 4.69) is 50.9 Å². The minimum absolute atomic E-state index is 0. The Balaban J connectivity index is 0.00000136. The zero-order valence-corrected chi connectivity index (χ0v) is 18.8. The Hall–Kier alpha value is -2.57. The molecule has 31 heavy (non-hydrogen) atoms. The third-order valence-electron chi connectivity index (χ3n) is 5.26. The third kappa shape index (κ3) is 4.55. The Labute approximate surface area is 197 Å². The van der Waals surface area contributed by atoms with E-state index < -0.39 is 0 Å². The maximum Gasteiger partial charge on any atom is 0.252 e. The van der Waals surface area contributed by atoms with Gasteiger partial charge in [-0.3, -0.25) is 9.78 Å². The number of amides is 1. The van der Waals surface area contributed by atoms with E-state index in [-0.39, 0.29) is 30.7 Å². The van der Waals surface area contributed by atoms with Crippen LogP contribution in [0, 0.1) is 0 Å². The van der Waals surface area contributed by atoms with Gasteiger partial charge in [-0.25, -0.2) is 0 Å². The molecular formula is C23H21Cl3N4O. The molecule has 1 aliphatic heterocycles. The Kier molecular flexibility index (Phi) is 7.23. The second-order valence-electron chi connectivity index (χ2n) is 7.20. The van der Waals surface area contributed by atoms with Crippen molar-refractivity contribution in [1.29, 1.82) is 0 Å². The number of halogens is 3. The summed E-state index contributed by atoms with van der Waals surface area (Å²) in [6.07, 6.45) is 3.65. The number of fused-ring (bicyclic) bond motifs is 2. The van der Waals surface area contributed by atoms with Gasteiger partial charge in [-0.1, -0.05) is 29.8 Å². The highest BCUT2D eigenvalue weighted by atomic mass is 35.5. The molecule has 3 N–H and O–H groups in total. The molecule has 1 amide bonds. The molecule has 5 rings (SSSR count). The topological polar surface area (TPSA) is 69.8 Å². The first-order chi connectivity index (χ1) is 14.2. The van der Waals surface area contributed by atoms with E-state index in [9.17, 15) is 4.79 Å². The number of hydrogen-bond acceptors (Lipinski definition) is 3. The van der Waals surface area contributed by atoms with Gasteiger partial charge in [0.25, 0.3) is 5.91 Å². The standard InChI is InChI=1S/C23H19ClN4O.2ClH/c24-19-5-4-17(22-18(19)13-27-23(22)29)21-9-16-8-14(3-6-20(16)28-21)10-26-12-15-2-1-7-25-11-15;;/h1-9,11,26,28H,10,12-13H2,(H,27,29);2*1H. The fraction of sp³-hybridized carbons (Fsp3) is 0.130. The molecule has 0 spiro atoms. The molecule has 0 saturated heterocycles. The maximum atomic E-state index is 12.3. The summed E-state index contributed by atoms with van der Waals surface area (Å²) in [5.74, 6) is -0.0727. The van der Waals surface area contributed by atoms with Crippen LogP contribution in [0.2, 0.25) is 5.02 Å². The number of carbonyl (C=O) groups is 1. The van der Waals surface area contributed by atoms with Crippen LogP contribution in [-0.4, -0.2) is 15.9 Å². The van der Waals surface area contributed by atoms with Gasteiger partial charge in [-0.2, -0.15) is 0 Å². The summed E-state index contributed by atoms with van der Waals surface area (Å²) in [6, 6.07) is 16.2. The summed E-state index contributed by atoms with van der Waals surface area (Å²) in [5, 5.41) is 8.05. The number of nitrogens with zero attached hydrogens (tertiary/aromatic N) is 1.